The van der Waals surface area contributed by atoms with Crippen molar-refractivity contribution >= 4 is 5.91 Å². The van der Waals surface area contributed by atoms with Gasteiger partial charge in [-0.2, -0.15) is 0 Å². The summed E-state index contributed by atoms with van der Waals surface area (Å²) in [5.74, 6) is 0.843. The van der Waals surface area contributed by atoms with Crippen LogP contribution in [-0.2, 0) is 4.79 Å². The van der Waals surface area contributed by atoms with Crippen LogP contribution in [0.2, 0.25) is 0 Å². The average Bonchev–Trinajstić information content (AvgIpc) is 2.59. The highest BCUT2D eigenvalue weighted by Gasteiger charge is 2.37. The highest BCUT2D eigenvalue weighted by molar-refractivity contribution is 5.78. The van der Waals surface area contributed by atoms with Crippen LogP contribution in [0.15, 0.2) is 0 Å². The standard InChI is InChI=1S/C14H28N2O/c1-6-12(15-7-2)10-16-9-11(8-13(16)17)14(3,4)5/h11-12,15H,6-10H2,1-5H3. The molecule has 1 fully saturated rings. The zero-order valence-electron chi connectivity index (χ0n) is 12.0. The van der Waals surface area contributed by atoms with Crippen molar-refractivity contribution in [1.29, 1.82) is 0 Å². The van der Waals surface area contributed by atoms with Gasteiger partial charge in [-0.25, -0.2) is 0 Å². The SMILES string of the molecule is CCNC(CC)CN1CC(C(C)(C)C)CC1=O. The second-order valence-electron chi connectivity index (χ2n) is 6.23. The van der Waals surface area contributed by atoms with Gasteiger partial charge in [-0.15, -0.1) is 0 Å². The Morgan fingerprint density at radius 3 is 2.47 bits per heavy atom. The van der Waals surface area contributed by atoms with Gasteiger partial charge in [0.1, 0.15) is 0 Å². The van der Waals surface area contributed by atoms with Crippen molar-refractivity contribution < 1.29 is 4.79 Å². The van der Waals surface area contributed by atoms with Gasteiger partial charge in [-0.1, -0.05) is 34.6 Å². The fourth-order valence-electron chi connectivity index (χ4n) is 2.42. The Labute approximate surface area is 106 Å². The van der Waals surface area contributed by atoms with Crippen LogP contribution in [0.4, 0.5) is 0 Å². The number of likely N-dealkylation sites (tertiary alicyclic amines) is 1. The first-order chi connectivity index (χ1) is 7.88. The van der Waals surface area contributed by atoms with Gasteiger partial charge in [0, 0.05) is 25.6 Å². The number of amides is 1. The minimum Gasteiger partial charge on any atom is -0.341 e. The maximum absolute atomic E-state index is 12.0. The third-order valence-electron chi connectivity index (χ3n) is 3.87. The van der Waals surface area contributed by atoms with E-state index in [4.69, 9.17) is 0 Å². The summed E-state index contributed by atoms with van der Waals surface area (Å²) in [6.07, 6.45) is 1.81. The number of likely N-dealkylation sites (N-methyl/N-ethyl adjacent to an activating group) is 1. The number of hydrogen-bond acceptors (Lipinski definition) is 2. The first kappa shape index (κ1) is 14.5. The summed E-state index contributed by atoms with van der Waals surface area (Å²) in [5.41, 5.74) is 0.240. The van der Waals surface area contributed by atoms with Crippen LogP contribution >= 0.6 is 0 Å². The number of nitrogens with zero attached hydrogens (tertiary/aromatic N) is 1. The summed E-state index contributed by atoms with van der Waals surface area (Å²) in [6, 6.07) is 0.447. The van der Waals surface area contributed by atoms with Gasteiger partial charge in [0.2, 0.25) is 5.91 Å². The molecule has 0 bridgehead atoms. The fourth-order valence-corrected chi connectivity index (χ4v) is 2.42. The average molecular weight is 240 g/mol. The van der Waals surface area contributed by atoms with Crippen molar-refractivity contribution in [2.75, 3.05) is 19.6 Å². The molecule has 0 aromatic rings. The number of carbonyl (C=O) groups excluding carboxylic acids is 1. The van der Waals surface area contributed by atoms with Crippen molar-refractivity contribution in [2.24, 2.45) is 11.3 Å². The van der Waals surface area contributed by atoms with Crippen molar-refractivity contribution in [2.45, 2.75) is 53.5 Å². The Morgan fingerprint density at radius 2 is 2.06 bits per heavy atom. The zero-order chi connectivity index (χ0) is 13.1. The smallest absolute Gasteiger partial charge is 0.222 e. The van der Waals surface area contributed by atoms with E-state index in [-0.39, 0.29) is 5.41 Å². The minimum atomic E-state index is 0.240. The zero-order valence-corrected chi connectivity index (χ0v) is 12.0. The molecule has 0 saturated carbocycles. The fraction of sp³-hybridized carbons (Fsp3) is 0.929. The van der Waals surface area contributed by atoms with Gasteiger partial charge >= 0.3 is 0 Å². The molecule has 1 saturated heterocycles. The van der Waals surface area contributed by atoms with Gasteiger partial charge in [0.05, 0.1) is 0 Å². The molecule has 0 aromatic heterocycles. The molecule has 3 nitrogen and oxygen atoms in total. The summed E-state index contributed by atoms with van der Waals surface area (Å²) < 4.78 is 0. The molecule has 2 unspecified atom stereocenters. The molecule has 1 aliphatic heterocycles. The lowest BCUT2D eigenvalue weighted by atomic mass is 9.80. The first-order valence-corrected chi connectivity index (χ1v) is 6.89. The second kappa shape index (κ2) is 5.85. The van der Waals surface area contributed by atoms with Gasteiger partial charge in [0.25, 0.3) is 0 Å². The highest BCUT2D eigenvalue weighted by atomic mass is 16.2. The molecule has 0 radical (unpaired) electrons. The molecule has 3 heteroatoms. The van der Waals surface area contributed by atoms with E-state index in [1.807, 2.05) is 4.90 Å². The van der Waals surface area contributed by atoms with E-state index >= 15 is 0 Å². The van der Waals surface area contributed by atoms with Crippen LogP contribution < -0.4 is 5.32 Å². The molecule has 1 N–H and O–H groups in total. The van der Waals surface area contributed by atoms with Crippen LogP contribution in [0.5, 0.6) is 0 Å². The Kier molecular flexibility index (Phi) is 4.99. The normalized spacial score (nSPS) is 23.2. The lowest BCUT2D eigenvalue weighted by Gasteiger charge is -2.28. The van der Waals surface area contributed by atoms with Crippen LogP contribution in [0.1, 0.15) is 47.5 Å². The molecule has 0 spiro atoms. The van der Waals surface area contributed by atoms with E-state index < -0.39 is 0 Å². The third kappa shape index (κ3) is 3.98. The number of nitrogens with one attached hydrogen (secondary N) is 1. The Hall–Kier alpha value is -0.570. The topological polar surface area (TPSA) is 32.3 Å². The molecule has 17 heavy (non-hydrogen) atoms. The van der Waals surface area contributed by atoms with Gasteiger partial charge in [0.15, 0.2) is 0 Å². The van der Waals surface area contributed by atoms with E-state index in [2.05, 4.69) is 39.9 Å². The van der Waals surface area contributed by atoms with Crippen LogP contribution in [-0.4, -0.2) is 36.5 Å². The molecule has 2 atom stereocenters. The molecule has 1 aliphatic rings. The van der Waals surface area contributed by atoms with Crippen LogP contribution in [0.3, 0.4) is 0 Å². The van der Waals surface area contributed by atoms with Gasteiger partial charge in [-0.3, -0.25) is 4.79 Å². The molecule has 1 heterocycles. The Balaban J connectivity index is 2.53. The Morgan fingerprint density at radius 1 is 1.41 bits per heavy atom. The third-order valence-corrected chi connectivity index (χ3v) is 3.87. The van der Waals surface area contributed by atoms with Crippen LogP contribution in [0, 0.1) is 11.3 Å². The predicted molar refractivity (Wildman–Crippen MR) is 71.9 cm³/mol. The van der Waals surface area contributed by atoms with E-state index in [0.717, 1.165) is 32.5 Å². The minimum absolute atomic E-state index is 0.240. The number of hydrogen-bond donors (Lipinski definition) is 1. The molecular formula is C14H28N2O. The highest BCUT2D eigenvalue weighted by Crippen LogP contribution is 2.34. The predicted octanol–water partition coefficient (Wildman–Crippen LogP) is 2.27. The summed E-state index contributed by atoms with van der Waals surface area (Å²) in [5, 5.41) is 3.44. The number of rotatable bonds is 5. The van der Waals surface area contributed by atoms with Crippen molar-refractivity contribution in [1.82, 2.24) is 10.2 Å². The van der Waals surface area contributed by atoms with E-state index in [1.54, 1.807) is 0 Å². The summed E-state index contributed by atoms with van der Waals surface area (Å²) in [7, 11) is 0. The quantitative estimate of drug-likeness (QED) is 0.799. The maximum Gasteiger partial charge on any atom is 0.222 e. The van der Waals surface area contributed by atoms with E-state index in [9.17, 15) is 4.79 Å². The largest absolute Gasteiger partial charge is 0.341 e. The molecule has 1 amide bonds. The molecule has 0 aliphatic carbocycles. The summed E-state index contributed by atoms with van der Waals surface area (Å²) >= 11 is 0. The van der Waals surface area contributed by atoms with Crippen molar-refractivity contribution in [3.8, 4) is 0 Å². The molecule has 1 rings (SSSR count). The molecule has 0 aromatic carbocycles. The van der Waals surface area contributed by atoms with Gasteiger partial charge < -0.3 is 10.2 Å². The van der Waals surface area contributed by atoms with Gasteiger partial charge in [-0.05, 0) is 24.3 Å². The van der Waals surface area contributed by atoms with Crippen LogP contribution in [0.25, 0.3) is 0 Å². The number of carbonyl (C=O) groups is 1. The Bertz CT molecular complexity index is 257. The molecule has 100 valence electrons. The second-order valence-corrected chi connectivity index (χ2v) is 6.23. The summed E-state index contributed by atoms with van der Waals surface area (Å²) in [4.78, 5) is 14.0. The monoisotopic (exact) mass is 240 g/mol. The lowest BCUT2D eigenvalue weighted by molar-refractivity contribution is -0.128. The summed E-state index contributed by atoms with van der Waals surface area (Å²) in [6.45, 7) is 13.8. The molecular weight excluding hydrogens is 212 g/mol. The van der Waals surface area contributed by atoms with Crippen molar-refractivity contribution in [3.63, 3.8) is 0 Å². The maximum atomic E-state index is 12.0. The van der Waals surface area contributed by atoms with E-state index in [1.165, 1.54) is 0 Å². The lowest BCUT2D eigenvalue weighted by Crippen LogP contribution is -2.41. The van der Waals surface area contributed by atoms with E-state index in [0.29, 0.717) is 17.9 Å². The first-order valence-electron chi connectivity index (χ1n) is 6.89. The van der Waals surface area contributed by atoms with Crippen molar-refractivity contribution in [3.05, 3.63) is 0 Å².